The van der Waals surface area contributed by atoms with Crippen LogP contribution in [0.5, 0.6) is 0 Å². The fraction of sp³-hybridized carbons (Fsp3) is 0.722. The van der Waals surface area contributed by atoms with Gasteiger partial charge in [-0.2, -0.15) is 5.10 Å². The molecule has 25 heavy (non-hydrogen) atoms. The van der Waals surface area contributed by atoms with Crippen molar-refractivity contribution < 1.29 is 9.53 Å². The van der Waals surface area contributed by atoms with E-state index in [4.69, 9.17) is 4.74 Å². The third kappa shape index (κ3) is 5.76. The van der Waals surface area contributed by atoms with E-state index in [1.165, 1.54) is 0 Å². The molecule has 0 aliphatic carbocycles. The fourth-order valence-electron chi connectivity index (χ4n) is 2.70. The predicted octanol–water partition coefficient (Wildman–Crippen LogP) is 2.99. The van der Waals surface area contributed by atoms with Crippen molar-refractivity contribution in [2.75, 3.05) is 36.9 Å². The molecule has 1 saturated heterocycles. The number of hydrogen-bond donors (Lipinski definition) is 1. The molecule has 1 aliphatic rings. The summed E-state index contributed by atoms with van der Waals surface area (Å²) < 4.78 is 5.46. The van der Waals surface area contributed by atoms with Crippen LogP contribution in [-0.4, -0.2) is 59.5 Å². The topological polar surface area (TPSA) is 70.6 Å². The zero-order valence-electron chi connectivity index (χ0n) is 16.2. The maximum atomic E-state index is 12.2. The average Bonchev–Trinajstić information content (AvgIpc) is 3.00. The highest BCUT2D eigenvalue weighted by Crippen LogP contribution is 2.24. The Morgan fingerprint density at radius 2 is 2.20 bits per heavy atom. The van der Waals surface area contributed by atoms with Crippen molar-refractivity contribution in [2.45, 2.75) is 52.7 Å². The van der Waals surface area contributed by atoms with Gasteiger partial charge < -0.3 is 19.9 Å². The van der Waals surface area contributed by atoms with E-state index in [-0.39, 0.29) is 12.1 Å². The summed E-state index contributed by atoms with van der Waals surface area (Å²) in [6.07, 6.45) is 2.41. The van der Waals surface area contributed by atoms with Crippen LogP contribution in [0.2, 0.25) is 0 Å². The van der Waals surface area contributed by atoms with Gasteiger partial charge in [0.05, 0.1) is 17.9 Å². The van der Waals surface area contributed by atoms with Crippen molar-refractivity contribution in [3.8, 4) is 0 Å². The summed E-state index contributed by atoms with van der Waals surface area (Å²) in [4.78, 5) is 16.2. The Kier molecular flexibility index (Phi) is 6.08. The molecule has 0 spiro atoms. The van der Waals surface area contributed by atoms with Crippen LogP contribution in [0.3, 0.4) is 0 Å². The largest absolute Gasteiger partial charge is 0.444 e. The van der Waals surface area contributed by atoms with Crippen LogP contribution in [0.1, 0.15) is 41.0 Å². The highest BCUT2D eigenvalue weighted by molar-refractivity contribution is 5.68. The molecule has 1 aliphatic heterocycles. The van der Waals surface area contributed by atoms with E-state index >= 15 is 0 Å². The van der Waals surface area contributed by atoms with Gasteiger partial charge in [0.15, 0.2) is 5.82 Å². The molecule has 1 unspecified atom stereocenters. The summed E-state index contributed by atoms with van der Waals surface area (Å²) in [6.45, 7) is 12.5. The average molecular weight is 349 g/mol. The summed E-state index contributed by atoms with van der Waals surface area (Å²) in [7, 11) is 1.81. The number of rotatable bonds is 5. The molecule has 1 aromatic rings. The third-order valence-electron chi connectivity index (χ3n) is 4.09. The smallest absolute Gasteiger partial charge is 0.410 e. The Labute approximate surface area is 150 Å². The Bertz CT molecular complexity index is 585. The van der Waals surface area contributed by atoms with E-state index in [1.54, 1.807) is 11.1 Å². The number of hydrogen-bond acceptors (Lipinski definition) is 6. The second-order valence-corrected chi connectivity index (χ2v) is 8.05. The molecule has 0 bridgehead atoms. The van der Waals surface area contributed by atoms with Crippen LogP contribution in [-0.2, 0) is 4.74 Å². The standard InChI is InChI=1S/C18H31N5O2/c1-13(2)10-19-16-9-15(11-20-21-16)23-8-7-14(12-23)22(6)17(24)25-18(3,4)5/h9,11,13-14H,7-8,10,12H2,1-6H3,(H,19,21). The van der Waals surface area contributed by atoms with Crippen LogP contribution < -0.4 is 10.2 Å². The van der Waals surface area contributed by atoms with Crippen LogP contribution >= 0.6 is 0 Å². The van der Waals surface area contributed by atoms with Gasteiger partial charge in [-0.25, -0.2) is 4.79 Å². The van der Waals surface area contributed by atoms with Crippen molar-refractivity contribution >= 4 is 17.6 Å². The minimum atomic E-state index is -0.477. The lowest BCUT2D eigenvalue weighted by Gasteiger charge is -2.28. The number of anilines is 2. The molecule has 1 fully saturated rings. The molecular formula is C18H31N5O2. The quantitative estimate of drug-likeness (QED) is 0.881. The van der Waals surface area contributed by atoms with Crippen LogP contribution in [0.15, 0.2) is 12.3 Å². The molecule has 1 atom stereocenters. The van der Waals surface area contributed by atoms with E-state index < -0.39 is 5.60 Å². The zero-order chi connectivity index (χ0) is 18.6. The van der Waals surface area contributed by atoms with Crippen LogP contribution in [0.4, 0.5) is 16.3 Å². The molecule has 2 rings (SSSR count). The summed E-state index contributed by atoms with van der Waals surface area (Å²) in [5, 5.41) is 11.5. The number of likely N-dealkylation sites (N-methyl/N-ethyl adjacent to an activating group) is 1. The van der Waals surface area contributed by atoms with Crippen molar-refractivity contribution in [1.29, 1.82) is 0 Å². The molecule has 0 radical (unpaired) electrons. The highest BCUT2D eigenvalue weighted by atomic mass is 16.6. The number of ether oxygens (including phenoxy) is 1. The minimum Gasteiger partial charge on any atom is -0.444 e. The van der Waals surface area contributed by atoms with Crippen molar-refractivity contribution in [1.82, 2.24) is 15.1 Å². The lowest BCUT2D eigenvalue weighted by atomic mass is 10.2. The number of aromatic nitrogens is 2. The zero-order valence-corrected chi connectivity index (χ0v) is 16.2. The molecule has 1 amide bonds. The van der Waals surface area contributed by atoms with Crippen molar-refractivity contribution in [2.24, 2.45) is 5.92 Å². The number of nitrogens with zero attached hydrogens (tertiary/aromatic N) is 4. The molecular weight excluding hydrogens is 318 g/mol. The Morgan fingerprint density at radius 1 is 1.48 bits per heavy atom. The van der Waals surface area contributed by atoms with Gasteiger partial charge in [0.2, 0.25) is 0 Å². The maximum absolute atomic E-state index is 12.2. The van der Waals surface area contributed by atoms with E-state index in [0.717, 1.165) is 37.6 Å². The van der Waals surface area contributed by atoms with E-state index in [9.17, 15) is 4.79 Å². The molecule has 1 aromatic heterocycles. The monoisotopic (exact) mass is 349 g/mol. The van der Waals surface area contributed by atoms with E-state index in [0.29, 0.717) is 5.92 Å². The van der Waals surface area contributed by atoms with Gasteiger partial charge >= 0.3 is 6.09 Å². The fourth-order valence-corrected chi connectivity index (χ4v) is 2.70. The molecule has 0 aromatic carbocycles. The summed E-state index contributed by atoms with van der Waals surface area (Å²) in [5.41, 5.74) is 0.552. The molecule has 0 saturated carbocycles. The Hall–Kier alpha value is -2.05. The number of amides is 1. The summed E-state index contributed by atoms with van der Waals surface area (Å²) in [5.74, 6) is 1.33. The van der Waals surface area contributed by atoms with Crippen LogP contribution in [0, 0.1) is 5.92 Å². The van der Waals surface area contributed by atoms with Crippen molar-refractivity contribution in [3.63, 3.8) is 0 Å². The molecule has 2 heterocycles. The first kappa shape index (κ1) is 19.3. The van der Waals surface area contributed by atoms with Gasteiger partial charge in [-0.15, -0.1) is 5.10 Å². The Morgan fingerprint density at radius 3 is 2.84 bits per heavy atom. The lowest BCUT2D eigenvalue weighted by Crippen LogP contribution is -2.42. The van der Waals surface area contributed by atoms with Gasteiger partial charge in [0.1, 0.15) is 5.60 Å². The molecule has 140 valence electrons. The molecule has 7 heteroatoms. The van der Waals surface area contributed by atoms with E-state index in [1.807, 2.05) is 33.9 Å². The van der Waals surface area contributed by atoms with Gasteiger partial charge in [-0.1, -0.05) is 13.8 Å². The predicted molar refractivity (Wildman–Crippen MR) is 100.0 cm³/mol. The van der Waals surface area contributed by atoms with E-state index in [2.05, 4.69) is 34.3 Å². The molecule has 7 nitrogen and oxygen atoms in total. The highest BCUT2D eigenvalue weighted by Gasteiger charge is 2.31. The van der Waals surface area contributed by atoms with Crippen LogP contribution in [0.25, 0.3) is 0 Å². The summed E-state index contributed by atoms with van der Waals surface area (Å²) in [6, 6.07) is 2.15. The van der Waals surface area contributed by atoms with Gasteiger partial charge in [0, 0.05) is 32.7 Å². The van der Waals surface area contributed by atoms with Gasteiger partial charge in [-0.05, 0) is 33.1 Å². The normalized spacial score (nSPS) is 17.7. The molecule has 1 N–H and O–H groups in total. The third-order valence-corrected chi connectivity index (χ3v) is 4.09. The van der Waals surface area contributed by atoms with Crippen molar-refractivity contribution in [3.05, 3.63) is 12.3 Å². The minimum absolute atomic E-state index is 0.134. The second kappa shape index (κ2) is 7.89. The first-order valence-electron chi connectivity index (χ1n) is 8.93. The lowest BCUT2D eigenvalue weighted by molar-refractivity contribution is 0.0238. The number of nitrogens with one attached hydrogen (secondary N) is 1. The SMILES string of the molecule is CC(C)CNc1cc(N2CCC(N(C)C(=O)OC(C)(C)C)C2)cnn1. The second-order valence-electron chi connectivity index (χ2n) is 8.05. The number of carbonyl (C=O) groups excluding carboxylic acids is 1. The first-order chi connectivity index (χ1) is 11.7. The summed E-state index contributed by atoms with van der Waals surface area (Å²) >= 11 is 0. The maximum Gasteiger partial charge on any atom is 0.410 e. The Balaban J connectivity index is 1.96. The van der Waals surface area contributed by atoms with Gasteiger partial charge in [0.25, 0.3) is 0 Å². The number of carbonyl (C=O) groups is 1. The first-order valence-corrected chi connectivity index (χ1v) is 8.93. The van der Waals surface area contributed by atoms with Gasteiger partial charge in [-0.3, -0.25) is 0 Å².